The van der Waals surface area contributed by atoms with E-state index in [9.17, 15) is 14.0 Å². The number of benzene rings is 1. The number of halogens is 1. The number of rotatable bonds is 2. The zero-order chi connectivity index (χ0) is 19.4. The van der Waals surface area contributed by atoms with E-state index in [2.05, 4.69) is 20.2 Å². The van der Waals surface area contributed by atoms with Crippen LogP contribution in [0.4, 0.5) is 10.1 Å². The van der Waals surface area contributed by atoms with Crippen LogP contribution in [-0.2, 0) is 0 Å². The Morgan fingerprint density at radius 3 is 2.71 bits per heavy atom. The van der Waals surface area contributed by atoms with Gasteiger partial charge in [0.05, 0.1) is 27.9 Å². The second-order valence-corrected chi connectivity index (χ2v) is 6.49. The molecule has 3 aromatic heterocycles. The number of hydrogen-bond donors (Lipinski definition) is 1. The molecule has 0 atom stereocenters. The molecule has 4 aromatic rings. The number of aromatic nitrogens is 4. The lowest BCUT2D eigenvalue weighted by Crippen LogP contribution is -2.30. The zero-order valence-electron chi connectivity index (χ0n) is 14.6. The molecule has 5 rings (SSSR count). The number of anilines is 1. The van der Waals surface area contributed by atoms with Crippen molar-refractivity contribution >= 4 is 28.5 Å². The molecule has 0 saturated heterocycles. The normalized spacial score (nSPS) is 13.4. The van der Waals surface area contributed by atoms with Crippen LogP contribution in [0.1, 0.15) is 26.3 Å². The van der Waals surface area contributed by atoms with E-state index in [-0.39, 0.29) is 16.8 Å². The Hall–Kier alpha value is -3.94. The second-order valence-electron chi connectivity index (χ2n) is 6.49. The molecular formula is C20H12FN5O2. The largest absolute Gasteiger partial charge is 0.275 e. The van der Waals surface area contributed by atoms with Crippen LogP contribution >= 0.6 is 0 Å². The van der Waals surface area contributed by atoms with Crippen LogP contribution in [0.2, 0.25) is 0 Å². The molecule has 0 unspecified atom stereocenters. The van der Waals surface area contributed by atoms with Crippen LogP contribution < -0.4 is 4.90 Å². The number of fused-ring (bicyclic) bond motifs is 3. The average Bonchev–Trinajstić information content (AvgIpc) is 3.23. The smallest absolute Gasteiger partial charge is 0.267 e. The lowest BCUT2D eigenvalue weighted by molar-refractivity contribution is 0.0925. The maximum absolute atomic E-state index is 14.5. The van der Waals surface area contributed by atoms with Gasteiger partial charge in [-0.3, -0.25) is 19.7 Å². The third-order valence-electron chi connectivity index (χ3n) is 4.73. The quantitative estimate of drug-likeness (QED) is 0.545. The number of H-pyrrole nitrogens is 1. The van der Waals surface area contributed by atoms with E-state index >= 15 is 0 Å². The molecule has 1 aliphatic rings. The summed E-state index contributed by atoms with van der Waals surface area (Å²) in [7, 11) is 0. The highest BCUT2D eigenvalue weighted by Crippen LogP contribution is 2.36. The first-order valence-corrected chi connectivity index (χ1v) is 8.48. The third-order valence-corrected chi connectivity index (χ3v) is 4.73. The number of aromatic amines is 1. The SMILES string of the molecule is Cc1ccc(N2C(=O)c3cnc4n[nH]c(-c5cccnc5)c4c3C2=O)c(F)c1. The summed E-state index contributed by atoms with van der Waals surface area (Å²) >= 11 is 0. The number of nitrogens with zero attached hydrogens (tertiary/aromatic N) is 4. The van der Waals surface area contributed by atoms with E-state index in [0.717, 1.165) is 4.90 Å². The summed E-state index contributed by atoms with van der Waals surface area (Å²) in [6, 6.07) is 7.91. The van der Waals surface area contributed by atoms with Crippen LogP contribution in [0.25, 0.3) is 22.3 Å². The highest BCUT2D eigenvalue weighted by atomic mass is 19.1. The van der Waals surface area contributed by atoms with E-state index in [1.807, 2.05) is 0 Å². The number of carbonyl (C=O) groups is 2. The summed E-state index contributed by atoms with van der Waals surface area (Å²) in [5, 5.41) is 7.41. The number of nitrogens with one attached hydrogen (secondary N) is 1. The minimum absolute atomic E-state index is 0.0867. The van der Waals surface area contributed by atoms with Crippen molar-refractivity contribution < 1.29 is 14.0 Å². The Labute approximate surface area is 157 Å². The van der Waals surface area contributed by atoms with E-state index in [1.165, 1.54) is 18.3 Å². The van der Waals surface area contributed by atoms with Gasteiger partial charge in [0.15, 0.2) is 5.65 Å². The van der Waals surface area contributed by atoms with E-state index in [4.69, 9.17) is 0 Å². The van der Waals surface area contributed by atoms with Crippen LogP contribution in [0.3, 0.4) is 0 Å². The summed E-state index contributed by atoms with van der Waals surface area (Å²) in [6.45, 7) is 1.73. The van der Waals surface area contributed by atoms with Gasteiger partial charge in [0, 0.05) is 24.2 Å². The van der Waals surface area contributed by atoms with Crippen molar-refractivity contribution in [2.24, 2.45) is 0 Å². The van der Waals surface area contributed by atoms with Crippen molar-refractivity contribution in [1.29, 1.82) is 0 Å². The first-order valence-electron chi connectivity index (χ1n) is 8.48. The minimum Gasteiger partial charge on any atom is -0.275 e. The fourth-order valence-corrected chi connectivity index (χ4v) is 3.43. The van der Waals surface area contributed by atoms with Gasteiger partial charge in [-0.15, -0.1) is 0 Å². The predicted molar refractivity (Wildman–Crippen MR) is 99.4 cm³/mol. The fourth-order valence-electron chi connectivity index (χ4n) is 3.43. The lowest BCUT2D eigenvalue weighted by atomic mass is 10.0. The first-order chi connectivity index (χ1) is 13.6. The Balaban J connectivity index is 1.75. The highest BCUT2D eigenvalue weighted by Gasteiger charge is 2.41. The molecule has 4 heterocycles. The monoisotopic (exact) mass is 373 g/mol. The molecule has 28 heavy (non-hydrogen) atoms. The molecule has 2 amide bonds. The van der Waals surface area contributed by atoms with Crippen LogP contribution in [0, 0.1) is 12.7 Å². The Kier molecular flexibility index (Phi) is 3.35. The molecule has 1 N–H and O–H groups in total. The number of amides is 2. The van der Waals surface area contributed by atoms with Gasteiger partial charge in [-0.1, -0.05) is 6.07 Å². The van der Waals surface area contributed by atoms with Gasteiger partial charge in [0.25, 0.3) is 11.8 Å². The standard InChI is InChI=1S/C20H12FN5O2/c1-10-4-5-14(13(21)7-10)26-19(27)12-9-23-18-16(15(12)20(26)28)17(24-25-18)11-3-2-6-22-8-11/h2-9H,1H3,(H,23,24,25). The molecule has 0 fully saturated rings. The van der Waals surface area contributed by atoms with Gasteiger partial charge in [0.1, 0.15) is 5.82 Å². The molecule has 8 heteroatoms. The Morgan fingerprint density at radius 1 is 1.11 bits per heavy atom. The number of pyridine rings is 2. The second kappa shape index (κ2) is 5.78. The lowest BCUT2D eigenvalue weighted by Gasteiger charge is -2.15. The maximum Gasteiger partial charge on any atom is 0.267 e. The maximum atomic E-state index is 14.5. The molecule has 0 spiro atoms. The summed E-state index contributed by atoms with van der Waals surface area (Å²) in [5.41, 5.74) is 2.39. The number of carbonyl (C=O) groups excluding carboxylic acids is 2. The molecule has 0 aliphatic carbocycles. The summed E-state index contributed by atoms with van der Waals surface area (Å²) in [4.78, 5) is 35.2. The predicted octanol–water partition coefficient (Wildman–Crippen LogP) is 3.27. The molecule has 0 saturated carbocycles. The van der Waals surface area contributed by atoms with Crippen molar-refractivity contribution in [1.82, 2.24) is 20.2 Å². The van der Waals surface area contributed by atoms with Gasteiger partial charge in [-0.2, -0.15) is 5.10 Å². The van der Waals surface area contributed by atoms with Crippen molar-refractivity contribution in [3.63, 3.8) is 0 Å². The van der Waals surface area contributed by atoms with Crippen LogP contribution in [0.5, 0.6) is 0 Å². The van der Waals surface area contributed by atoms with Crippen LogP contribution in [-0.4, -0.2) is 32.0 Å². The number of hydrogen-bond acceptors (Lipinski definition) is 5. The summed E-state index contributed by atoms with van der Waals surface area (Å²) in [6.07, 6.45) is 4.55. The minimum atomic E-state index is -0.640. The van der Waals surface area contributed by atoms with Crippen LogP contribution in [0.15, 0.2) is 48.9 Å². The topological polar surface area (TPSA) is 91.8 Å². The van der Waals surface area contributed by atoms with E-state index < -0.39 is 17.6 Å². The van der Waals surface area contributed by atoms with E-state index in [0.29, 0.717) is 27.9 Å². The van der Waals surface area contributed by atoms with E-state index in [1.54, 1.807) is 37.5 Å². The highest BCUT2D eigenvalue weighted by molar-refractivity contribution is 6.38. The third kappa shape index (κ3) is 2.18. The van der Waals surface area contributed by atoms with Gasteiger partial charge in [0.2, 0.25) is 0 Å². The van der Waals surface area contributed by atoms with Gasteiger partial charge in [-0.05, 0) is 36.8 Å². The van der Waals surface area contributed by atoms with Gasteiger partial charge >= 0.3 is 0 Å². The molecule has 136 valence electrons. The average molecular weight is 373 g/mol. The first kappa shape index (κ1) is 16.2. The fraction of sp³-hybridized carbons (Fsp3) is 0.0500. The van der Waals surface area contributed by atoms with Crippen molar-refractivity contribution in [2.45, 2.75) is 6.92 Å². The van der Waals surface area contributed by atoms with Gasteiger partial charge < -0.3 is 0 Å². The van der Waals surface area contributed by atoms with Crippen molar-refractivity contribution in [3.05, 3.63) is 71.4 Å². The molecule has 7 nitrogen and oxygen atoms in total. The van der Waals surface area contributed by atoms with Gasteiger partial charge in [-0.25, -0.2) is 14.3 Å². The molecule has 0 radical (unpaired) electrons. The molecular weight excluding hydrogens is 361 g/mol. The van der Waals surface area contributed by atoms with Crippen molar-refractivity contribution in [3.8, 4) is 11.3 Å². The Bertz CT molecular complexity index is 1280. The Morgan fingerprint density at radius 2 is 1.96 bits per heavy atom. The molecule has 1 aliphatic heterocycles. The number of imide groups is 1. The van der Waals surface area contributed by atoms with Crippen molar-refractivity contribution in [2.75, 3.05) is 4.90 Å². The molecule has 0 bridgehead atoms. The molecule has 1 aromatic carbocycles. The summed E-state index contributed by atoms with van der Waals surface area (Å²) < 4.78 is 14.5. The zero-order valence-corrected chi connectivity index (χ0v) is 14.6. The number of aryl methyl sites for hydroxylation is 1. The summed E-state index contributed by atoms with van der Waals surface area (Å²) in [5.74, 6) is -1.87.